The van der Waals surface area contributed by atoms with Gasteiger partial charge in [-0.3, -0.25) is 0 Å². The fourth-order valence-corrected chi connectivity index (χ4v) is 2.79. The van der Waals surface area contributed by atoms with Crippen LogP contribution in [0.15, 0.2) is 33.7 Å². The van der Waals surface area contributed by atoms with Gasteiger partial charge in [-0.05, 0) is 18.1 Å². The molecule has 2 atom stereocenters. The van der Waals surface area contributed by atoms with Gasteiger partial charge in [-0.2, -0.15) is 0 Å². The Labute approximate surface area is 118 Å². The van der Waals surface area contributed by atoms with Gasteiger partial charge in [0, 0.05) is 38.6 Å². The minimum atomic E-state index is 0.420. The van der Waals surface area contributed by atoms with Crippen molar-refractivity contribution in [2.45, 2.75) is 18.4 Å². The van der Waals surface area contributed by atoms with E-state index < -0.39 is 0 Å². The van der Waals surface area contributed by atoms with Gasteiger partial charge in [-0.25, -0.2) is 4.99 Å². The van der Waals surface area contributed by atoms with Gasteiger partial charge in [0.15, 0.2) is 5.96 Å². The first kappa shape index (κ1) is 13.4. The maximum absolute atomic E-state index is 4.83. The molecule has 2 rings (SSSR count). The molecule has 1 aliphatic rings. The molecule has 0 aromatic heterocycles. The molecule has 98 valence electrons. The summed E-state index contributed by atoms with van der Waals surface area (Å²) in [5.41, 5.74) is 1.38. The normalized spacial score (nSPS) is 21.4. The molecule has 1 aromatic carbocycles. The lowest BCUT2D eigenvalue weighted by Crippen LogP contribution is -2.35. The topological polar surface area (TPSA) is 18.8 Å². The maximum atomic E-state index is 4.83. The first-order valence-electron chi connectivity index (χ1n) is 6.17. The van der Waals surface area contributed by atoms with E-state index in [1.807, 2.05) is 28.2 Å². The first-order chi connectivity index (χ1) is 8.50. The van der Waals surface area contributed by atoms with E-state index in [0.29, 0.717) is 12.0 Å². The van der Waals surface area contributed by atoms with Gasteiger partial charge in [-0.15, -0.1) is 0 Å². The van der Waals surface area contributed by atoms with Crippen LogP contribution in [0.1, 0.15) is 17.9 Å². The molecule has 1 fully saturated rings. The Bertz CT molecular complexity index is 444. The molecule has 1 saturated carbocycles. The summed E-state index contributed by atoms with van der Waals surface area (Å²) in [6.45, 7) is 0. The summed E-state index contributed by atoms with van der Waals surface area (Å²) in [7, 11) is 8.15. The highest BCUT2D eigenvalue weighted by molar-refractivity contribution is 9.10. The SMILES string of the molecule is CN(C)C(=N[C@@H]1C[C@H]1c1ccccc1Br)N(C)C. The molecule has 0 radical (unpaired) electrons. The number of nitrogens with zero attached hydrogens (tertiary/aromatic N) is 3. The molecular weight excluding hydrogens is 290 g/mol. The zero-order chi connectivity index (χ0) is 13.3. The molecule has 0 bridgehead atoms. The minimum absolute atomic E-state index is 0.420. The van der Waals surface area contributed by atoms with Crippen LogP contribution in [0.5, 0.6) is 0 Å². The van der Waals surface area contributed by atoms with Crippen LogP contribution in [-0.4, -0.2) is 50.0 Å². The Kier molecular flexibility index (Phi) is 3.95. The summed E-state index contributed by atoms with van der Waals surface area (Å²) >= 11 is 3.62. The van der Waals surface area contributed by atoms with Crippen LogP contribution in [0.25, 0.3) is 0 Å². The van der Waals surface area contributed by atoms with Gasteiger partial charge < -0.3 is 9.80 Å². The van der Waals surface area contributed by atoms with E-state index in [2.05, 4.69) is 50.0 Å². The van der Waals surface area contributed by atoms with Crippen molar-refractivity contribution in [3.05, 3.63) is 34.3 Å². The summed E-state index contributed by atoms with van der Waals surface area (Å²) in [4.78, 5) is 8.96. The number of rotatable bonds is 2. The zero-order valence-corrected chi connectivity index (χ0v) is 13.0. The summed E-state index contributed by atoms with van der Waals surface area (Å²) in [6, 6.07) is 8.86. The minimum Gasteiger partial charge on any atom is -0.349 e. The molecule has 0 saturated heterocycles. The van der Waals surface area contributed by atoms with E-state index in [9.17, 15) is 0 Å². The number of hydrogen-bond donors (Lipinski definition) is 0. The van der Waals surface area contributed by atoms with E-state index in [0.717, 1.165) is 12.4 Å². The Morgan fingerprint density at radius 2 is 1.78 bits per heavy atom. The highest BCUT2D eigenvalue weighted by atomic mass is 79.9. The van der Waals surface area contributed by atoms with Crippen molar-refractivity contribution in [2.24, 2.45) is 4.99 Å². The van der Waals surface area contributed by atoms with E-state index in [1.165, 1.54) is 10.0 Å². The number of aliphatic imine (C=N–C) groups is 1. The lowest BCUT2D eigenvalue weighted by molar-refractivity contribution is 0.479. The molecule has 0 unspecified atom stereocenters. The number of benzene rings is 1. The third-order valence-corrected chi connectivity index (χ3v) is 3.86. The molecule has 0 spiro atoms. The quantitative estimate of drug-likeness (QED) is 0.618. The standard InChI is InChI=1S/C14H20BrN3/c1-17(2)14(18(3)4)16-13-9-11(13)10-7-5-6-8-12(10)15/h5-8,11,13H,9H2,1-4H3/t11-,13+/m0/s1. The van der Waals surface area contributed by atoms with E-state index in [-0.39, 0.29) is 0 Å². The predicted molar refractivity (Wildman–Crippen MR) is 80.1 cm³/mol. The lowest BCUT2D eigenvalue weighted by atomic mass is 10.1. The Hall–Kier alpha value is -1.03. The van der Waals surface area contributed by atoms with Crippen molar-refractivity contribution >= 4 is 21.9 Å². The summed E-state index contributed by atoms with van der Waals surface area (Å²) in [5, 5.41) is 0. The van der Waals surface area contributed by atoms with Crippen molar-refractivity contribution in [1.29, 1.82) is 0 Å². The molecule has 0 N–H and O–H groups in total. The molecule has 0 heterocycles. The van der Waals surface area contributed by atoms with Gasteiger partial charge in [0.2, 0.25) is 0 Å². The largest absolute Gasteiger partial charge is 0.349 e. The van der Waals surface area contributed by atoms with Crippen LogP contribution in [0.2, 0.25) is 0 Å². The molecule has 4 heteroatoms. The zero-order valence-electron chi connectivity index (χ0n) is 11.4. The van der Waals surface area contributed by atoms with E-state index in [1.54, 1.807) is 0 Å². The maximum Gasteiger partial charge on any atom is 0.195 e. The van der Waals surface area contributed by atoms with Crippen LogP contribution in [0.3, 0.4) is 0 Å². The number of guanidine groups is 1. The third-order valence-electron chi connectivity index (χ3n) is 3.14. The average Bonchev–Trinajstić information content (AvgIpc) is 3.05. The summed E-state index contributed by atoms with van der Waals surface area (Å²) in [6.07, 6.45) is 1.15. The van der Waals surface area contributed by atoms with Gasteiger partial charge >= 0.3 is 0 Å². The van der Waals surface area contributed by atoms with Crippen molar-refractivity contribution in [1.82, 2.24) is 9.80 Å². The Balaban J connectivity index is 2.12. The second kappa shape index (κ2) is 5.31. The first-order valence-corrected chi connectivity index (χ1v) is 6.97. The molecule has 1 aromatic rings. The van der Waals surface area contributed by atoms with Crippen molar-refractivity contribution in [2.75, 3.05) is 28.2 Å². The monoisotopic (exact) mass is 309 g/mol. The van der Waals surface area contributed by atoms with E-state index in [4.69, 9.17) is 4.99 Å². The van der Waals surface area contributed by atoms with Gasteiger partial charge in [0.1, 0.15) is 0 Å². The van der Waals surface area contributed by atoms with E-state index >= 15 is 0 Å². The summed E-state index contributed by atoms with van der Waals surface area (Å²) < 4.78 is 1.20. The number of halogens is 1. The Morgan fingerprint density at radius 3 is 2.33 bits per heavy atom. The second-order valence-corrected chi connectivity index (χ2v) is 6.00. The van der Waals surface area contributed by atoms with Gasteiger partial charge in [0.05, 0.1) is 6.04 Å². The van der Waals surface area contributed by atoms with Crippen LogP contribution < -0.4 is 0 Å². The highest BCUT2D eigenvalue weighted by Gasteiger charge is 2.40. The molecule has 3 nitrogen and oxygen atoms in total. The Morgan fingerprint density at radius 1 is 1.17 bits per heavy atom. The van der Waals surface area contributed by atoms with Gasteiger partial charge in [0.25, 0.3) is 0 Å². The van der Waals surface area contributed by atoms with Crippen molar-refractivity contribution in [3.8, 4) is 0 Å². The number of hydrogen-bond acceptors (Lipinski definition) is 1. The highest BCUT2D eigenvalue weighted by Crippen LogP contribution is 2.46. The van der Waals surface area contributed by atoms with Crippen molar-refractivity contribution < 1.29 is 0 Å². The molecule has 18 heavy (non-hydrogen) atoms. The fourth-order valence-electron chi connectivity index (χ4n) is 2.21. The van der Waals surface area contributed by atoms with Gasteiger partial charge in [-0.1, -0.05) is 34.1 Å². The molecular formula is C14H20BrN3. The average molecular weight is 310 g/mol. The second-order valence-electron chi connectivity index (χ2n) is 5.15. The van der Waals surface area contributed by atoms with Crippen LogP contribution in [-0.2, 0) is 0 Å². The third kappa shape index (κ3) is 2.86. The fraction of sp³-hybridized carbons (Fsp3) is 0.500. The van der Waals surface area contributed by atoms with Crippen LogP contribution >= 0.6 is 15.9 Å². The molecule has 1 aliphatic carbocycles. The molecule has 0 amide bonds. The lowest BCUT2D eigenvalue weighted by Gasteiger charge is -2.22. The summed E-state index contributed by atoms with van der Waals surface area (Å²) in [5.74, 6) is 1.60. The van der Waals surface area contributed by atoms with Crippen LogP contribution in [0, 0.1) is 0 Å². The van der Waals surface area contributed by atoms with Crippen molar-refractivity contribution in [3.63, 3.8) is 0 Å². The van der Waals surface area contributed by atoms with Crippen LogP contribution in [0.4, 0.5) is 0 Å². The smallest absolute Gasteiger partial charge is 0.195 e. The molecule has 0 aliphatic heterocycles. The predicted octanol–water partition coefficient (Wildman–Crippen LogP) is 2.78.